The molecule has 0 aliphatic carbocycles. The van der Waals surface area contributed by atoms with Crippen molar-refractivity contribution in [3.8, 4) is 0 Å². The van der Waals surface area contributed by atoms with E-state index >= 15 is 0 Å². The zero-order chi connectivity index (χ0) is 14.1. The molecule has 0 fully saturated rings. The molecule has 2 N–H and O–H groups in total. The van der Waals surface area contributed by atoms with Gasteiger partial charge >= 0.3 is 0 Å². The molecular formula is C17H22N2. The van der Waals surface area contributed by atoms with E-state index in [4.69, 9.17) is 0 Å². The van der Waals surface area contributed by atoms with E-state index in [-0.39, 0.29) is 0 Å². The molecule has 0 heterocycles. The largest absolute Gasteiger partial charge is 0.381 e. The maximum Gasteiger partial charge on any atom is 0.0400 e. The lowest BCUT2D eigenvalue weighted by atomic mass is 10.2. The Balaban J connectivity index is 2.66. The van der Waals surface area contributed by atoms with Crippen LogP contribution in [0, 0.1) is 0 Å². The van der Waals surface area contributed by atoms with Gasteiger partial charge in [-0.1, -0.05) is 49.6 Å². The van der Waals surface area contributed by atoms with Gasteiger partial charge in [0, 0.05) is 23.6 Å². The van der Waals surface area contributed by atoms with Gasteiger partial charge in [-0.2, -0.15) is 0 Å². The highest BCUT2D eigenvalue weighted by Crippen LogP contribution is 2.03. The highest BCUT2D eigenvalue weighted by molar-refractivity contribution is 5.26. The minimum Gasteiger partial charge on any atom is -0.381 e. The number of hydrogen-bond acceptors (Lipinski definition) is 2. The van der Waals surface area contributed by atoms with Crippen molar-refractivity contribution in [3.05, 3.63) is 84.4 Å². The summed E-state index contributed by atoms with van der Waals surface area (Å²) in [5.74, 6) is 0. The normalized spacial score (nSPS) is 11.9. The second-order valence-electron chi connectivity index (χ2n) is 4.43. The van der Waals surface area contributed by atoms with Crippen molar-refractivity contribution in [2.24, 2.45) is 0 Å². The first-order chi connectivity index (χ1) is 9.11. The summed E-state index contributed by atoms with van der Waals surface area (Å²) >= 11 is 0. The van der Waals surface area contributed by atoms with Crippen LogP contribution in [0.2, 0.25) is 0 Å². The molecule has 0 atom stereocenters. The van der Waals surface area contributed by atoms with Gasteiger partial charge in [0.25, 0.3) is 0 Å². The standard InChI is InChI=1S/C17H22N2/c1-5-9-17(12-15(4)19-14(2)3)18-13-16-10-7-6-8-11-16/h5-12,18-19H,1-2,13H2,3-4H3/b15-12+,17-9+. The fourth-order valence-corrected chi connectivity index (χ4v) is 1.69. The van der Waals surface area contributed by atoms with Crippen molar-refractivity contribution in [2.75, 3.05) is 0 Å². The first-order valence-electron chi connectivity index (χ1n) is 6.33. The van der Waals surface area contributed by atoms with Crippen molar-refractivity contribution in [2.45, 2.75) is 20.4 Å². The molecule has 1 aromatic carbocycles. The van der Waals surface area contributed by atoms with E-state index in [1.165, 1.54) is 5.56 Å². The smallest absolute Gasteiger partial charge is 0.0400 e. The molecule has 100 valence electrons. The van der Waals surface area contributed by atoms with E-state index in [1.807, 2.05) is 44.2 Å². The Bertz CT molecular complexity index is 481. The number of nitrogens with one attached hydrogen (secondary N) is 2. The van der Waals surface area contributed by atoms with E-state index in [2.05, 4.69) is 35.9 Å². The summed E-state index contributed by atoms with van der Waals surface area (Å²) in [6.07, 6.45) is 5.77. The first-order valence-corrected chi connectivity index (χ1v) is 6.33. The minimum absolute atomic E-state index is 0.789. The lowest BCUT2D eigenvalue weighted by Crippen LogP contribution is -2.14. The van der Waals surface area contributed by atoms with Gasteiger partial charge in [-0.3, -0.25) is 0 Å². The van der Waals surface area contributed by atoms with Crippen LogP contribution in [-0.2, 0) is 6.54 Å². The predicted molar refractivity (Wildman–Crippen MR) is 83.3 cm³/mol. The highest BCUT2D eigenvalue weighted by Gasteiger charge is 1.95. The zero-order valence-electron chi connectivity index (χ0n) is 11.7. The SMILES string of the molecule is C=C/C=C(\C=C(/C)NC(=C)C)NCc1ccccc1. The number of rotatable bonds is 7. The van der Waals surface area contributed by atoms with Gasteiger partial charge in [0.2, 0.25) is 0 Å². The van der Waals surface area contributed by atoms with Crippen molar-refractivity contribution >= 4 is 0 Å². The molecule has 1 rings (SSSR count). The number of benzene rings is 1. The quantitative estimate of drug-likeness (QED) is 0.722. The van der Waals surface area contributed by atoms with Gasteiger partial charge in [-0.05, 0) is 31.6 Å². The van der Waals surface area contributed by atoms with Gasteiger partial charge in [-0.15, -0.1) is 0 Å². The van der Waals surface area contributed by atoms with E-state index < -0.39 is 0 Å². The highest BCUT2D eigenvalue weighted by atomic mass is 14.9. The monoisotopic (exact) mass is 254 g/mol. The molecule has 0 saturated carbocycles. The van der Waals surface area contributed by atoms with E-state index in [1.54, 1.807) is 6.08 Å². The molecule has 0 bridgehead atoms. The maximum atomic E-state index is 3.83. The van der Waals surface area contributed by atoms with Gasteiger partial charge in [0.15, 0.2) is 0 Å². The third-order valence-electron chi connectivity index (χ3n) is 2.42. The Morgan fingerprint density at radius 3 is 2.47 bits per heavy atom. The molecule has 0 amide bonds. The second-order valence-corrected chi connectivity index (χ2v) is 4.43. The summed E-state index contributed by atoms with van der Waals surface area (Å²) in [5, 5.41) is 6.57. The summed E-state index contributed by atoms with van der Waals surface area (Å²) in [6.45, 7) is 12.3. The molecule has 0 saturated heterocycles. The fraction of sp³-hybridized carbons (Fsp3) is 0.176. The predicted octanol–water partition coefficient (Wildman–Crippen LogP) is 3.87. The fourth-order valence-electron chi connectivity index (χ4n) is 1.69. The third kappa shape index (κ3) is 6.32. The summed E-state index contributed by atoms with van der Waals surface area (Å²) < 4.78 is 0. The van der Waals surface area contributed by atoms with Crippen LogP contribution in [0.15, 0.2) is 78.8 Å². The zero-order valence-corrected chi connectivity index (χ0v) is 11.7. The molecule has 0 spiro atoms. The van der Waals surface area contributed by atoms with Crippen molar-refractivity contribution in [1.29, 1.82) is 0 Å². The summed E-state index contributed by atoms with van der Waals surface area (Å²) in [7, 11) is 0. The average molecular weight is 254 g/mol. The molecular weight excluding hydrogens is 232 g/mol. The van der Waals surface area contributed by atoms with Crippen molar-refractivity contribution in [1.82, 2.24) is 10.6 Å². The van der Waals surface area contributed by atoms with Gasteiger partial charge in [-0.25, -0.2) is 0 Å². The van der Waals surface area contributed by atoms with Crippen molar-refractivity contribution < 1.29 is 0 Å². The first kappa shape index (κ1) is 14.8. The van der Waals surface area contributed by atoms with E-state index in [0.29, 0.717) is 0 Å². The molecule has 2 heteroatoms. The van der Waals surface area contributed by atoms with Gasteiger partial charge < -0.3 is 10.6 Å². The Morgan fingerprint density at radius 1 is 1.21 bits per heavy atom. The lowest BCUT2D eigenvalue weighted by molar-refractivity contribution is 0.826. The van der Waals surface area contributed by atoms with Crippen LogP contribution in [0.3, 0.4) is 0 Å². The van der Waals surface area contributed by atoms with Crippen LogP contribution >= 0.6 is 0 Å². The summed E-state index contributed by atoms with van der Waals surface area (Å²) in [4.78, 5) is 0. The Hall–Kier alpha value is -2.22. The third-order valence-corrected chi connectivity index (χ3v) is 2.42. The molecule has 0 aliphatic rings. The van der Waals surface area contributed by atoms with Crippen LogP contribution in [-0.4, -0.2) is 0 Å². The van der Waals surface area contributed by atoms with Crippen LogP contribution in [0.25, 0.3) is 0 Å². The van der Waals surface area contributed by atoms with Crippen LogP contribution in [0.1, 0.15) is 19.4 Å². The second kappa shape index (κ2) is 7.98. The molecule has 2 nitrogen and oxygen atoms in total. The molecule has 0 radical (unpaired) electrons. The van der Waals surface area contributed by atoms with Crippen LogP contribution in [0.4, 0.5) is 0 Å². The maximum absolute atomic E-state index is 3.83. The van der Waals surface area contributed by atoms with Crippen LogP contribution < -0.4 is 10.6 Å². The topological polar surface area (TPSA) is 24.1 Å². The number of allylic oxidation sites excluding steroid dienone is 5. The van der Waals surface area contributed by atoms with Crippen LogP contribution in [0.5, 0.6) is 0 Å². The Morgan fingerprint density at radius 2 is 1.89 bits per heavy atom. The molecule has 19 heavy (non-hydrogen) atoms. The van der Waals surface area contributed by atoms with Gasteiger partial charge in [0.05, 0.1) is 0 Å². The van der Waals surface area contributed by atoms with E-state index in [9.17, 15) is 0 Å². The van der Waals surface area contributed by atoms with Gasteiger partial charge in [0.1, 0.15) is 0 Å². The lowest BCUT2D eigenvalue weighted by Gasteiger charge is -2.10. The number of hydrogen-bond donors (Lipinski definition) is 2. The molecule has 0 unspecified atom stereocenters. The van der Waals surface area contributed by atoms with Crippen molar-refractivity contribution in [3.63, 3.8) is 0 Å². The summed E-state index contributed by atoms with van der Waals surface area (Å²) in [5.41, 5.74) is 4.23. The molecule has 0 aromatic heterocycles. The minimum atomic E-state index is 0.789. The Labute approximate surface area is 116 Å². The molecule has 0 aliphatic heterocycles. The Kier molecular flexibility index (Phi) is 6.23. The van der Waals surface area contributed by atoms with E-state index in [0.717, 1.165) is 23.6 Å². The summed E-state index contributed by atoms with van der Waals surface area (Å²) in [6, 6.07) is 10.3. The average Bonchev–Trinajstić information content (AvgIpc) is 2.36. The molecule has 1 aromatic rings.